The van der Waals surface area contributed by atoms with Crippen LogP contribution in [0.4, 0.5) is 0 Å². The molecular weight excluding hydrogens is 298 g/mol. The van der Waals surface area contributed by atoms with Gasteiger partial charge in [0.15, 0.2) is 0 Å². The third kappa shape index (κ3) is 3.26. The predicted molar refractivity (Wildman–Crippen MR) is 83.2 cm³/mol. The van der Waals surface area contributed by atoms with Crippen molar-refractivity contribution in [2.24, 2.45) is 0 Å². The second-order valence-electron chi connectivity index (χ2n) is 5.54. The summed E-state index contributed by atoms with van der Waals surface area (Å²) in [6.45, 7) is 0.239. The molecule has 0 unspecified atom stereocenters. The Hall–Kier alpha value is -2.63. The minimum atomic E-state index is -0.655. The lowest BCUT2D eigenvalue weighted by molar-refractivity contribution is -0.140. The zero-order valence-electron chi connectivity index (χ0n) is 12.8. The van der Waals surface area contributed by atoms with Gasteiger partial charge in [-0.1, -0.05) is 18.2 Å². The van der Waals surface area contributed by atoms with Crippen molar-refractivity contribution in [2.75, 3.05) is 13.7 Å². The van der Waals surface area contributed by atoms with Gasteiger partial charge in [-0.3, -0.25) is 9.59 Å². The number of carbonyl (C=O) groups excluding carboxylic acids is 2. The lowest BCUT2D eigenvalue weighted by atomic mass is 10.1. The summed E-state index contributed by atoms with van der Waals surface area (Å²) < 4.78 is 9.83. The highest BCUT2D eigenvalue weighted by molar-refractivity contribution is 5.97. The van der Waals surface area contributed by atoms with Gasteiger partial charge < -0.3 is 14.1 Å². The van der Waals surface area contributed by atoms with Crippen LogP contribution in [0.1, 0.15) is 29.6 Å². The maximum Gasteiger partial charge on any atom is 0.349 e. The summed E-state index contributed by atoms with van der Waals surface area (Å²) in [6.07, 6.45) is 1.87. The summed E-state index contributed by atoms with van der Waals surface area (Å²) in [7, 11) is 1.31. The number of hydrogen-bond acceptors (Lipinski definition) is 5. The number of esters is 1. The highest BCUT2D eigenvalue weighted by atomic mass is 16.5. The molecule has 1 aromatic heterocycles. The normalized spacial score (nSPS) is 13.8. The maximum absolute atomic E-state index is 12.7. The number of fused-ring (bicyclic) bond motifs is 1. The van der Waals surface area contributed by atoms with E-state index in [1.54, 1.807) is 29.2 Å². The van der Waals surface area contributed by atoms with Gasteiger partial charge in [-0.25, -0.2) is 4.79 Å². The smallest absolute Gasteiger partial charge is 0.349 e. The number of para-hydroxylation sites is 1. The summed E-state index contributed by atoms with van der Waals surface area (Å²) in [5, 5.41) is 0.694. The van der Waals surface area contributed by atoms with Crippen LogP contribution in [0.5, 0.6) is 0 Å². The van der Waals surface area contributed by atoms with Gasteiger partial charge in [0.1, 0.15) is 11.1 Å². The number of carbonyl (C=O) groups is 2. The van der Waals surface area contributed by atoms with Gasteiger partial charge in [-0.05, 0) is 25.0 Å². The Morgan fingerprint density at radius 2 is 2.04 bits per heavy atom. The molecule has 23 heavy (non-hydrogen) atoms. The van der Waals surface area contributed by atoms with Crippen LogP contribution in [0.2, 0.25) is 0 Å². The largest absolute Gasteiger partial charge is 0.469 e. The van der Waals surface area contributed by atoms with Crippen molar-refractivity contribution < 1.29 is 18.7 Å². The fraction of sp³-hybridized carbons (Fsp3) is 0.353. The molecule has 6 nitrogen and oxygen atoms in total. The van der Waals surface area contributed by atoms with Gasteiger partial charge in [0.05, 0.1) is 13.5 Å². The Morgan fingerprint density at radius 3 is 2.74 bits per heavy atom. The molecule has 6 heteroatoms. The fourth-order valence-electron chi connectivity index (χ4n) is 2.52. The van der Waals surface area contributed by atoms with Crippen molar-refractivity contribution in [1.29, 1.82) is 0 Å². The number of nitrogens with zero attached hydrogens (tertiary/aromatic N) is 1. The first-order chi connectivity index (χ1) is 11.1. The molecular formula is C17H17NO5. The van der Waals surface area contributed by atoms with Crippen molar-refractivity contribution >= 4 is 22.8 Å². The number of amides is 1. The minimum Gasteiger partial charge on any atom is -0.469 e. The molecule has 0 saturated heterocycles. The van der Waals surface area contributed by atoms with Gasteiger partial charge in [0, 0.05) is 18.0 Å². The van der Waals surface area contributed by atoms with Crippen LogP contribution in [-0.2, 0) is 9.53 Å². The van der Waals surface area contributed by atoms with Crippen LogP contribution in [0.15, 0.2) is 39.5 Å². The molecule has 0 spiro atoms. The average Bonchev–Trinajstić information content (AvgIpc) is 3.38. The predicted octanol–water partition coefficient (Wildman–Crippen LogP) is 1.96. The molecule has 1 aromatic carbocycles. The summed E-state index contributed by atoms with van der Waals surface area (Å²) >= 11 is 0. The molecule has 0 aliphatic heterocycles. The van der Waals surface area contributed by atoms with Crippen molar-refractivity contribution in [3.05, 3.63) is 46.3 Å². The van der Waals surface area contributed by atoms with E-state index in [1.165, 1.54) is 7.11 Å². The first-order valence-corrected chi connectivity index (χ1v) is 7.51. The zero-order chi connectivity index (χ0) is 16.4. The average molecular weight is 315 g/mol. The van der Waals surface area contributed by atoms with Crippen molar-refractivity contribution in [1.82, 2.24) is 4.90 Å². The zero-order valence-corrected chi connectivity index (χ0v) is 12.8. The first-order valence-electron chi connectivity index (χ1n) is 7.51. The topological polar surface area (TPSA) is 76.8 Å². The molecule has 0 N–H and O–H groups in total. The third-order valence-corrected chi connectivity index (χ3v) is 3.90. The molecule has 1 amide bonds. The van der Waals surface area contributed by atoms with Crippen LogP contribution in [0.3, 0.4) is 0 Å². The number of methoxy groups -OCH3 is 1. The molecule has 0 bridgehead atoms. The van der Waals surface area contributed by atoms with Gasteiger partial charge in [-0.15, -0.1) is 0 Å². The van der Waals surface area contributed by atoms with Gasteiger partial charge >= 0.3 is 11.6 Å². The quantitative estimate of drug-likeness (QED) is 0.622. The Balaban J connectivity index is 1.89. The molecule has 1 heterocycles. The molecule has 0 radical (unpaired) electrons. The summed E-state index contributed by atoms with van der Waals surface area (Å²) in [6, 6.07) is 8.67. The Kier molecular flexibility index (Phi) is 4.14. The molecule has 3 rings (SSSR count). The number of hydrogen-bond donors (Lipinski definition) is 0. The second kappa shape index (κ2) is 6.24. The van der Waals surface area contributed by atoms with E-state index in [0.29, 0.717) is 11.0 Å². The van der Waals surface area contributed by atoms with Gasteiger partial charge in [0.2, 0.25) is 0 Å². The van der Waals surface area contributed by atoms with E-state index in [0.717, 1.165) is 12.8 Å². The van der Waals surface area contributed by atoms with Crippen molar-refractivity contribution in [3.8, 4) is 0 Å². The minimum absolute atomic E-state index is 0.000431. The van der Waals surface area contributed by atoms with Crippen LogP contribution in [0, 0.1) is 0 Å². The molecule has 0 atom stereocenters. The monoisotopic (exact) mass is 315 g/mol. The van der Waals surface area contributed by atoms with E-state index in [-0.39, 0.29) is 30.5 Å². The number of ether oxygens (including phenoxy) is 1. The van der Waals surface area contributed by atoms with E-state index >= 15 is 0 Å². The molecule has 1 aliphatic rings. The maximum atomic E-state index is 12.7. The van der Waals surface area contributed by atoms with Gasteiger partial charge in [0.25, 0.3) is 5.91 Å². The molecule has 1 aliphatic carbocycles. The van der Waals surface area contributed by atoms with Crippen LogP contribution in [0.25, 0.3) is 11.0 Å². The van der Waals surface area contributed by atoms with Crippen LogP contribution < -0.4 is 5.63 Å². The second-order valence-corrected chi connectivity index (χ2v) is 5.54. The molecule has 2 aromatic rings. The van der Waals surface area contributed by atoms with Crippen LogP contribution in [-0.4, -0.2) is 36.5 Å². The summed E-state index contributed by atoms with van der Waals surface area (Å²) in [5.74, 6) is -0.773. The Morgan fingerprint density at radius 1 is 1.30 bits per heavy atom. The summed E-state index contributed by atoms with van der Waals surface area (Å²) in [5.41, 5.74) is -0.209. The highest BCUT2D eigenvalue weighted by Crippen LogP contribution is 2.28. The molecule has 1 fully saturated rings. The Bertz CT molecular complexity index is 806. The van der Waals surface area contributed by atoms with E-state index in [4.69, 9.17) is 4.42 Å². The van der Waals surface area contributed by atoms with E-state index < -0.39 is 11.5 Å². The van der Waals surface area contributed by atoms with E-state index in [9.17, 15) is 14.4 Å². The lowest BCUT2D eigenvalue weighted by Gasteiger charge is -2.21. The summed E-state index contributed by atoms with van der Waals surface area (Å²) in [4.78, 5) is 37.7. The number of rotatable bonds is 5. The van der Waals surface area contributed by atoms with Gasteiger partial charge in [-0.2, -0.15) is 0 Å². The van der Waals surface area contributed by atoms with Crippen molar-refractivity contribution in [3.63, 3.8) is 0 Å². The van der Waals surface area contributed by atoms with E-state index in [1.807, 2.05) is 6.07 Å². The SMILES string of the molecule is COC(=O)CCN(C(=O)c1cc2ccccc2oc1=O)C1CC1. The third-order valence-electron chi connectivity index (χ3n) is 3.90. The van der Waals surface area contributed by atoms with Crippen LogP contribution >= 0.6 is 0 Å². The first kappa shape index (κ1) is 15.3. The molecule has 120 valence electrons. The fourth-order valence-corrected chi connectivity index (χ4v) is 2.52. The number of benzene rings is 1. The Labute approximate surface area is 132 Å². The van der Waals surface area contributed by atoms with E-state index in [2.05, 4.69) is 4.74 Å². The highest BCUT2D eigenvalue weighted by Gasteiger charge is 2.34. The van der Waals surface area contributed by atoms with Crippen molar-refractivity contribution in [2.45, 2.75) is 25.3 Å². The molecule has 1 saturated carbocycles. The standard InChI is InChI=1S/C17H17NO5/c1-22-15(19)8-9-18(12-6-7-12)16(20)13-10-11-4-2-3-5-14(11)23-17(13)21/h2-5,10,12H,6-9H2,1H3. The lowest BCUT2D eigenvalue weighted by Crippen LogP contribution is -2.37.